The van der Waals surface area contributed by atoms with Crippen molar-refractivity contribution in [2.45, 2.75) is 13.0 Å². The predicted molar refractivity (Wildman–Crippen MR) is 61.4 cm³/mol. The van der Waals surface area contributed by atoms with Crippen molar-refractivity contribution in [3.63, 3.8) is 0 Å². The Morgan fingerprint density at radius 3 is 2.82 bits per heavy atom. The van der Waals surface area contributed by atoms with Gasteiger partial charge in [-0.3, -0.25) is 14.9 Å². The van der Waals surface area contributed by atoms with Crippen molar-refractivity contribution in [2.75, 3.05) is 11.4 Å². The van der Waals surface area contributed by atoms with Crippen molar-refractivity contribution in [1.29, 1.82) is 0 Å². The number of carbonyl (C=O) groups is 2. The first-order valence-electron chi connectivity index (χ1n) is 5.04. The summed E-state index contributed by atoms with van der Waals surface area (Å²) in [5.74, 6) is -1.29. The van der Waals surface area contributed by atoms with Crippen LogP contribution in [-0.4, -0.2) is 24.4 Å². The van der Waals surface area contributed by atoms with Crippen LogP contribution in [0.4, 0.5) is 10.1 Å². The van der Waals surface area contributed by atoms with Gasteiger partial charge >= 0.3 is 0 Å². The van der Waals surface area contributed by atoms with Gasteiger partial charge in [-0.05, 0) is 25.1 Å². The smallest absolute Gasteiger partial charge is 0.249 e. The van der Waals surface area contributed by atoms with Crippen LogP contribution in [0.1, 0.15) is 6.92 Å². The molecule has 0 spiro atoms. The lowest BCUT2D eigenvalue weighted by Crippen LogP contribution is -2.57. The molecule has 1 aromatic carbocycles. The number of halogens is 2. The fourth-order valence-corrected chi connectivity index (χ4v) is 1.87. The quantitative estimate of drug-likeness (QED) is 0.772. The highest BCUT2D eigenvalue weighted by Crippen LogP contribution is 2.24. The van der Waals surface area contributed by atoms with Gasteiger partial charge in [0.1, 0.15) is 11.9 Å². The summed E-state index contributed by atoms with van der Waals surface area (Å²) >= 11 is 5.67. The van der Waals surface area contributed by atoms with E-state index >= 15 is 0 Å². The third kappa shape index (κ3) is 2.24. The van der Waals surface area contributed by atoms with Gasteiger partial charge in [0.05, 0.1) is 11.6 Å². The number of benzene rings is 1. The van der Waals surface area contributed by atoms with Crippen LogP contribution in [0.3, 0.4) is 0 Å². The van der Waals surface area contributed by atoms with E-state index in [1.165, 1.54) is 18.2 Å². The van der Waals surface area contributed by atoms with Crippen LogP contribution < -0.4 is 10.2 Å². The summed E-state index contributed by atoms with van der Waals surface area (Å²) in [6.45, 7) is 1.72. The zero-order chi connectivity index (χ0) is 12.6. The summed E-state index contributed by atoms with van der Waals surface area (Å²) in [5.41, 5.74) is 0.548. The average molecular weight is 257 g/mol. The van der Waals surface area contributed by atoms with Crippen molar-refractivity contribution in [2.24, 2.45) is 0 Å². The summed E-state index contributed by atoms with van der Waals surface area (Å²) in [4.78, 5) is 24.3. The summed E-state index contributed by atoms with van der Waals surface area (Å²) < 4.78 is 13.0. The van der Waals surface area contributed by atoms with Gasteiger partial charge in [0.15, 0.2) is 0 Å². The molecule has 2 amide bonds. The molecule has 1 atom stereocenters. The normalized spacial score (nSPS) is 20.4. The van der Waals surface area contributed by atoms with E-state index in [0.717, 1.165) is 0 Å². The molecule has 1 fully saturated rings. The maximum Gasteiger partial charge on any atom is 0.249 e. The highest BCUT2D eigenvalue weighted by atomic mass is 35.5. The summed E-state index contributed by atoms with van der Waals surface area (Å²) in [5, 5.41) is 2.19. The van der Waals surface area contributed by atoms with Crippen LogP contribution in [0, 0.1) is 5.82 Å². The van der Waals surface area contributed by atoms with Gasteiger partial charge < -0.3 is 4.90 Å². The van der Waals surface area contributed by atoms with Crippen LogP contribution in [0.5, 0.6) is 0 Å². The second-order valence-electron chi connectivity index (χ2n) is 3.81. The molecule has 0 aliphatic carbocycles. The number of hydrogen-bond acceptors (Lipinski definition) is 3. The fraction of sp³-hybridized carbons (Fsp3) is 0.273. The Kier molecular flexibility index (Phi) is 3.02. The van der Waals surface area contributed by atoms with E-state index in [-0.39, 0.29) is 23.4 Å². The number of amides is 2. The first kappa shape index (κ1) is 11.9. The first-order chi connectivity index (χ1) is 7.99. The molecule has 2 rings (SSSR count). The third-order valence-electron chi connectivity index (χ3n) is 2.66. The summed E-state index contributed by atoms with van der Waals surface area (Å²) in [7, 11) is 0. The topological polar surface area (TPSA) is 49.4 Å². The van der Waals surface area contributed by atoms with E-state index in [1.54, 1.807) is 11.8 Å². The number of imide groups is 1. The maximum atomic E-state index is 13.0. The van der Waals surface area contributed by atoms with Crippen molar-refractivity contribution < 1.29 is 14.0 Å². The van der Waals surface area contributed by atoms with Crippen LogP contribution in [0.15, 0.2) is 18.2 Å². The van der Waals surface area contributed by atoms with Gasteiger partial charge in [-0.1, -0.05) is 11.6 Å². The number of hydrogen-bond donors (Lipinski definition) is 1. The largest absolute Gasteiger partial charge is 0.350 e. The minimum Gasteiger partial charge on any atom is -0.350 e. The Morgan fingerprint density at radius 1 is 1.47 bits per heavy atom. The van der Waals surface area contributed by atoms with Crippen molar-refractivity contribution in [1.82, 2.24) is 5.32 Å². The maximum absolute atomic E-state index is 13.0. The first-order valence-corrected chi connectivity index (χ1v) is 5.42. The molecule has 0 saturated carbocycles. The van der Waals surface area contributed by atoms with Crippen LogP contribution in [0.2, 0.25) is 5.02 Å². The van der Waals surface area contributed by atoms with E-state index in [0.29, 0.717) is 5.69 Å². The molecule has 1 aliphatic rings. The van der Waals surface area contributed by atoms with E-state index in [9.17, 15) is 14.0 Å². The summed E-state index contributed by atoms with van der Waals surface area (Å²) in [6, 6.07) is 3.61. The second-order valence-corrected chi connectivity index (χ2v) is 4.22. The Morgan fingerprint density at radius 2 is 2.18 bits per heavy atom. The Balaban J connectivity index is 2.34. The number of anilines is 1. The van der Waals surface area contributed by atoms with Gasteiger partial charge in [0, 0.05) is 5.69 Å². The highest BCUT2D eigenvalue weighted by molar-refractivity contribution is 6.31. The van der Waals surface area contributed by atoms with Crippen molar-refractivity contribution >= 4 is 29.1 Å². The minimum absolute atomic E-state index is 0.0341. The predicted octanol–water partition coefficient (Wildman–Crippen LogP) is 1.33. The van der Waals surface area contributed by atoms with Gasteiger partial charge in [-0.2, -0.15) is 0 Å². The van der Waals surface area contributed by atoms with Crippen molar-refractivity contribution in [3.05, 3.63) is 29.0 Å². The molecule has 17 heavy (non-hydrogen) atoms. The zero-order valence-corrected chi connectivity index (χ0v) is 9.79. The molecule has 0 radical (unpaired) electrons. The molecule has 4 nitrogen and oxygen atoms in total. The molecule has 1 heterocycles. The molecule has 0 bridgehead atoms. The number of rotatable bonds is 1. The monoisotopic (exact) mass is 256 g/mol. The SMILES string of the molecule is CC1C(=O)NC(=O)CN1c1ccc(F)c(Cl)c1. The third-order valence-corrected chi connectivity index (χ3v) is 2.95. The number of nitrogens with zero attached hydrogens (tertiary/aromatic N) is 1. The Bertz CT molecular complexity index is 492. The van der Waals surface area contributed by atoms with Crippen LogP contribution in [0.25, 0.3) is 0 Å². The number of piperazine rings is 1. The number of nitrogens with one attached hydrogen (secondary N) is 1. The molecule has 1 N–H and O–H groups in total. The average Bonchev–Trinajstić information content (AvgIpc) is 2.27. The standard InChI is InChI=1S/C11H10ClFN2O2/c1-6-11(17)14-10(16)5-15(6)7-2-3-9(13)8(12)4-7/h2-4,6H,5H2,1H3,(H,14,16,17). The molecule has 6 heteroatoms. The zero-order valence-electron chi connectivity index (χ0n) is 9.04. The fourth-order valence-electron chi connectivity index (χ4n) is 1.69. The Labute approximate surface area is 102 Å². The van der Waals surface area contributed by atoms with Crippen LogP contribution >= 0.6 is 11.6 Å². The lowest BCUT2D eigenvalue weighted by molar-refractivity contribution is -0.132. The van der Waals surface area contributed by atoms with E-state index in [1.807, 2.05) is 0 Å². The van der Waals surface area contributed by atoms with Crippen molar-refractivity contribution in [3.8, 4) is 0 Å². The second kappa shape index (κ2) is 4.33. The molecule has 1 unspecified atom stereocenters. The van der Waals surface area contributed by atoms with Gasteiger partial charge in [0.25, 0.3) is 0 Å². The molecule has 0 aromatic heterocycles. The van der Waals surface area contributed by atoms with Gasteiger partial charge in [-0.15, -0.1) is 0 Å². The molecule has 1 aliphatic heterocycles. The van der Waals surface area contributed by atoms with E-state index in [4.69, 9.17) is 11.6 Å². The Hall–Kier alpha value is -1.62. The molecular weight excluding hydrogens is 247 g/mol. The minimum atomic E-state index is -0.532. The lowest BCUT2D eigenvalue weighted by atomic mass is 10.1. The van der Waals surface area contributed by atoms with Crippen LogP contribution in [-0.2, 0) is 9.59 Å². The number of carbonyl (C=O) groups excluding carboxylic acids is 2. The van der Waals surface area contributed by atoms with E-state index in [2.05, 4.69) is 5.32 Å². The lowest BCUT2D eigenvalue weighted by Gasteiger charge is -2.33. The van der Waals surface area contributed by atoms with Gasteiger partial charge in [-0.25, -0.2) is 4.39 Å². The molecule has 1 saturated heterocycles. The highest BCUT2D eigenvalue weighted by Gasteiger charge is 2.30. The van der Waals surface area contributed by atoms with E-state index < -0.39 is 11.9 Å². The molecule has 90 valence electrons. The molecule has 1 aromatic rings. The van der Waals surface area contributed by atoms with Gasteiger partial charge in [0.2, 0.25) is 11.8 Å². The summed E-state index contributed by atoms with van der Waals surface area (Å²) in [6.07, 6.45) is 0. The molecular formula is C11H10ClFN2O2.